The molecule has 0 saturated carbocycles. The summed E-state index contributed by atoms with van der Waals surface area (Å²) in [5, 5.41) is 0.551. The molecule has 34 valence electrons. The highest BCUT2D eigenvalue weighted by Crippen LogP contribution is 2.08. The summed E-state index contributed by atoms with van der Waals surface area (Å²) < 4.78 is 9.25. The van der Waals surface area contributed by atoms with E-state index in [2.05, 4.69) is 22.1 Å². The van der Waals surface area contributed by atoms with Gasteiger partial charge in [-0.2, -0.15) is 0 Å². The first kappa shape index (κ1) is 3.87. The second-order valence-electron chi connectivity index (χ2n) is 0.885. The Morgan fingerprint density at radius 2 is 2.67 bits per heavy atom. The van der Waals surface area contributed by atoms with E-state index in [1.54, 1.807) is 0 Å². The van der Waals surface area contributed by atoms with Crippen molar-refractivity contribution < 1.29 is 9.47 Å². The number of hydrogen-bond donors (Lipinski definition) is 1. The predicted octanol–water partition coefficient (Wildman–Crippen LogP) is 0.719. The number of rotatable bonds is 0. The van der Waals surface area contributed by atoms with Crippen molar-refractivity contribution in [2.75, 3.05) is 6.79 Å². The standard InChI is InChI=1S/C3H4O2S/c6-3-1-4-2-5-3/h1,6H,2H2. The van der Waals surface area contributed by atoms with Gasteiger partial charge in [-0.3, -0.25) is 0 Å². The normalized spacial score (nSPS) is 18.5. The van der Waals surface area contributed by atoms with Gasteiger partial charge >= 0.3 is 0 Å². The van der Waals surface area contributed by atoms with Crippen LogP contribution in [0.3, 0.4) is 0 Å². The summed E-state index contributed by atoms with van der Waals surface area (Å²) in [5.41, 5.74) is 0. The summed E-state index contributed by atoms with van der Waals surface area (Å²) in [7, 11) is 0. The molecule has 0 saturated heterocycles. The van der Waals surface area contributed by atoms with Crippen molar-refractivity contribution in [2.45, 2.75) is 0 Å². The maximum atomic E-state index is 4.66. The lowest BCUT2D eigenvalue weighted by Gasteiger charge is -1.86. The Bertz CT molecular complexity index is 78.9. The summed E-state index contributed by atoms with van der Waals surface area (Å²) >= 11 is 3.81. The maximum Gasteiger partial charge on any atom is 0.231 e. The van der Waals surface area contributed by atoms with Crippen LogP contribution in [0.2, 0.25) is 0 Å². The first-order valence-electron chi connectivity index (χ1n) is 1.53. The molecule has 1 heterocycles. The zero-order valence-corrected chi connectivity index (χ0v) is 3.94. The smallest absolute Gasteiger partial charge is 0.231 e. The minimum Gasteiger partial charge on any atom is -0.461 e. The van der Waals surface area contributed by atoms with Gasteiger partial charge in [0.25, 0.3) is 0 Å². The molecule has 0 atom stereocenters. The second-order valence-corrected chi connectivity index (χ2v) is 1.33. The highest BCUT2D eigenvalue weighted by atomic mass is 32.1. The third-order valence-corrected chi connectivity index (χ3v) is 0.694. The molecule has 0 fully saturated rings. The molecular formula is C3H4O2S. The Labute approximate surface area is 41.2 Å². The third-order valence-electron chi connectivity index (χ3n) is 0.459. The first-order chi connectivity index (χ1) is 2.89. The molecule has 0 N–H and O–H groups in total. The van der Waals surface area contributed by atoms with Gasteiger partial charge in [0.15, 0.2) is 5.09 Å². The minimum absolute atomic E-state index is 0.318. The summed E-state index contributed by atoms with van der Waals surface area (Å²) in [6.45, 7) is 0.318. The zero-order valence-electron chi connectivity index (χ0n) is 3.05. The highest BCUT2D eigenvalue weighted by molar-refractivity contribution is 7.84. The van der Waals surface area contributed by atoms with E-state index in [1.807, 2.05) is 0 Å². The van der Waals surface area contributed by atoms with Crippen molar-refractivity contribution in [1.82, 2.24) is 0 Å². The van der Waals surface area contributed by atoms with Crippen molar-refractivity contribution in [2.24, 2.45) is 0 Å². The Balaban J connectivity index is 2.45. The Morgan fingerprint density at radius 3 is 2.83 bits per heavy atom. The molecule has 2 nitrogen and oxygen atoms in total. The molecule has 6 heavy (non-hydrogen) atoms. The SMILES string of the molecule is SC1=COCO1. The maximum absolute atomic E-state index is 4.66. The molecule has 1 aliphatic heterocycles. The topological polar surface area (TPSA) is 18.5 Å². The van der Waals surface area contributed by atoms with Crippen LogP contribution in [0.4, 0.5) is 0 Å². The van der Waals surface area contributed by atoms with Crippen molar-refractivity contribution in [3.8, 4) is 0 Å². The average Bonchev–Trinajstić information content (AvgIpc) is 1.86. The van der Waals surface area contributed by atoms with E-state index >= 15 is 0 Å². The van der Waals surface area contributed by atoms with Crippen LogP contribution in [0.1, 0.15) is 0 Å². The third kappa shape index (κ3) is 0.597. The first-order valence-corrected chi connectivity index (χ1v) is 1.98. The van der Waals surface area contributed by atoms with E-state index in [4.69, 9.17) is 0 Å². The molecule has 0 amide bonds. The van der Waals surface area contributed by atoms with Gasteiger partial charge in [-0.25, -0.2) is 0 Å². The Kier molecular flexibility index (Phi) is 0.919. The molecule has 0 spiro atoms. The van der Waals surface area contributed by atoms with Crippen molar-refractivity contribution in [1.29, 1.82) is 0 Å². The van der Waals surface area contributed by atoms with Gasteiger partial charge in [-0.1, -0.05) is 0 Å². The lowest BCUT2D eigenvalue weighted by Crippen LogP contribution is -1.77. The zero-order chi connectivity index (χ0) is 4.41. The van der Waals surface area contributed by atoms with E-state index in [9.17, 15) is 0 Å². The minimum atomic E-state index is 0.318. The lowest BCUT2D eigenvalue weighted by molar-refractivity contribution is 0.0890. The molecule has 0 aromatic carbocycles. The van der Waals surface area contributed by atoms with Gasteiger partial charge in [-0.05, 0) is 0 Å². The van der Waals surface area contributed by atoms with Crippen molar-refractivity contribution in [3.63, 3.8) is 0 Å². The summed E-state index contributed by atoms with van der Waals surface area (Å²) in [4.78, 5) is 0. The fourth-order valence-corrected chi connectivity index (χ4v) is 0.361. The molecular weight excluding hydrogens is 100 g/mol. The number of thiol groups is 1. The number of hydrogen-bond acceptors (Lipinski definition) is 3. The lowest BCUT2D eigenvalue weighted by atomic mass is 11.1. The van der Waals surface area contributed by atoms with Crippen LogP contribution >= 0.6 is 12.6 Å². The van der Waals surface area contributed by atoms with Gasteiger partial charge in [0, 0.05) is 0 Å². The van der Waals surface area contributed by atoms with Crippen molar-refractivity contribution >= 4 is 12.6 Å². The van der Waals surface area contributed by atoms with Gasteiger partial charge in [0.2, 0.25) is 6.79 Å². The quantitative estimate of drug-likeness (QED) is 0.456. The molecule has 0 aromatic heterocycles. The average molecular weight is 104 g/mol. The summed E-state index contributed by atoms with van der Waals surface area (Å²) in [5.74, 6) is 0. The fourth-order valence-electron chi connectivity index (χ4n) is 0.234. The molecule has 0 aliphatic carbocycles. The predicted molar refractivity (Wildman–Crippen MR) is 24.1 cm³/mol. The van der Waals surface area contributed by atoms with Gasteiger partial charge in [-0.15, -0.1) is 12.6 Å². The van der Waals surface area contributed by atoms with Gasteiger partial charge < -0.3 is 9.47 Å². The van der Waals surface area contributed by atoms with E-state index < -0.39 is 0 Å². The molecule has 3 heteroatoms. The fraction of sp³-hybridized carbons (Fsp3) is 0.333. The molecule has 1 aliphatic rings. The van der Waals surface area contributed by atoms with E-state index in [0.717, 1.165) is 0 Å². The van der Waals surface area contributed by atoms with Gasteiger partial charge in [0.1, 0.15) is 6.26 Å². The summed E-state index contributed by atoms with van der Waals surface area (Å²) in [6, 6.07) is 0. The molecule has 0 radical (unpaired) electrons. The van der Waals surface area contributed by atoms with E-state index in [1.165, 1.54) is 6.26 Å². The molecule has 0 bridgehead atoms. The number of ether oxygens (including phenoxy) is 2. The van der Waals surface area contributed by atoms with Crippen LogP contribution < -0.4 is 0 Å². The molecule has 0 unspecified atom stereocenters. The van der Waals surface area contributed by atoms with Crippen LogP contribution in [-0.2, 0) is 9.47 Å². The van der Waals surface area contributed by atoms with E-state index in [-0.39, 0.29) is 0 Å². The summed E-state index contributed by atoms with van der Waals surface area (Å²) in [6.07, 6.45) is 1.46. The van der Waals surface area contributed by atoms with Crippen LogP contribution in [-0.4, -0.2) is 6.79 Å². The van der Waals surface area contributed by atoms with E-state index in [0.29, 0.717) is 11.9 Å². The molecule has 1 rings (SSSR count). The van der Waals surface area contributed by atoms with Crippen LogP contribution in [0.25, 0.3) is 0 Å². The van der Waals surface area contributed by atoms with Crippen LogP contribution in [0.5, 0.6) is 0 Å². The Morgan fingerprint density at radius 1 is 1.83 bits per heavy atom. The largest absolute Gasteiger partial charge is 0.461 e. The Hall–Kier alpha value is -0.310. The molecule has 0 aromatic rings. The van der Waals surface area contributed by atoms with Crippen LogP contribution in [0.15, 0.2) is 11.4 Å². The van der Waals surface area contributed by atoms with Gasteiger partial charge in [0.05, 0.1) is 0 Å². The second kappa shape index (κ2) is 1.43. The monoisotopic (exact) mass is 104 g/mol. The van der Waals surface area contributed by atoms with Crippen molar-refractivity contribution in [3.05, 3.63) is 11.4 Å². The van der Waals surface area contributed by atoms with Crippen LogP contribution in [0, 0.1) is 0 Å². The highest BCUT2D eigenvalue weighted by Gasteiger charge is 1.96.